The van der Waals surface area contributed by atoms with Gasteiger partial charge >= 0.3 is 5.97 Å². The number of halogens is 1. The van der Waals surface area contributed by atoms with Crippen LogP contribution in [0.25, 0.3) is 0 Å². The van der Waals surface area contributed by atoms with Gasteiger partial charge in [-0.15, -0.1) is 0 Å². The zero-order valence-electron chi connectivity index (χ0n) is 14.9. The Kier molecular flexibility index (Phi) is 5.35. The molecule has 5 heteroatoms. The van der Waals surface area contributed by atoms with Crippen LogP contribution in [0.3, 0.4) is 0 Å². The average molecular weight is 355 g/mol. The first-order valence-electron chi connectivity index (χ1n) is 8.81. The van der Waals surface area contributed by atoms with E-state index in [1.165, 1.54) is 24.6 Å². The van der Waals surface area contributed by atoms with Gasteiger partial charge in [0.15, 0.2) is 6.10 Å². The molecule has 0 saturated heterocycles. The highest BCUT2D eigenvalue weighted by Gasteiger charge is 2.25. The van der Waals surface area contributed by atoms with Crippen LogP contribution in [-0.2, 0) is 16.0 Å². The van der Waals surface area contributed by atoms with E-state index in [9.17, 15) is 14.0 Å². The third-order valence-corrected chi connectivity index (χ3v) is 4.75. The smallest absolute Gasteiger partial charge is 0.339 e. The molecule has 136 valence electrons. The molecule has 1 amide bonds. The van der Waals surface area contributed by atoms with E-state index in [0.717, 1.165) is 30.9 Å². The number of ether oxygens (including phenoxy) is 1. The number of carbonyl (C=O) groups is 2. The minimum absolute atomic E-state index is 0.0783. The maximum absolute atomic E-state index is 13.6. The molecule has 0 saturated carbocycles. The number of fused-ring (bicyclic) bond motifs is 1. The van der Waals surface area contributed by atoms with Crippen LogP contribution in [0.2, 0.25) is 0 Å². The lowest BCUT2D eigenvalue weighted by molar-refractivity contribution is -0.130. The van der Waals surface area contributed by atoms with Crippen LogP contribution in [0, 0.1) is 12.7 Å². The summed E-state index contributed by atoms with van der Waals surface area (Å²) >= 11 is 0. The molecule has 1 N–H and O–H groups in total. The molecule has 0 bridgehead atoms. The van der Waals surface area contributed by atoms with Crippen molar-refractivity contribution in [2.75, 3.05) is 0 Å². The van der Waals surface area contributed by atoms with Crippen molar-refractivity contribution in [3.8, 4) is 0 Å². The summed E-state index contributed by atoms with van der Waals surface area (Å²) in [6.45, 7) is 3.13. The van der Waals surface area contributed by atoms with Crippen LogP contribution in [0.15, 0.2) is 42.5 Å². The Bertz CT molecular complexity index is 834. The van der Waals surface area contributed by atoms with E-state index in [2.05, 4.69) is 11.4 Å². The molecule has 0 radical (unpaired) electrons. The summed E-state index contributed by atoms with van der Waals surface area (Å²) in [5.41, 5.74) is 2.90. The zero-order chi connectivity index (χ0) is 18.7. The van der Waals surface area contributed by atoms with Crippen molar-refractivity contribution in [2.24, 2.45) is 0 Å². The molecule has 1 aliphatic carbocycles. The Hall–Kier alpha value is -2.69. The van der Waals surface area contributed by atoms with E-state index in [1.807, 2.05) is 18.2 Å². The minimum Gasteiger partial charge on any atom is -0.449 e. The van der Waals surface area contributed by atoms with Crippen LogP contribution < -0.4 is 5.32 Å². The Morgan fingerprint density at radius 3 is 2.77 bits per heavy atom. The van der Waals surface area contributed by atoms with Gasteiger partial charge in [-0.1, -0.05) is 30.3 Å². The summed E-state index contributed by atoms with van der Waals surface area (Å²) in [5, 5.41) is 2.96. The van der Waals surface area contributed by atoms with E-state index in [-0.39, 0.29) is 17.5 Å². The third kappa shape index (κ3) is 3.93. The Morgan fingerprint density at radius 1 is 1.23 bits per heavy atom. The molecular weight excluding hydrogens is 333 g/mol. The number of rotatable bonds is 4. The van der Waals surface area contributed by atoms with Gasteiger partial charge < -0.3 is 10.1 Å². The Balaban J connectivity index is 1.63. The number of hydrogen-bond acceptors (Lipinski definition) is 3. The van der Waals surface area contributed by atoms with Gasteiger partial charge in [0.2, 0.25) is 0 Å². The standard InChI is InChI=1S/C21H22FNO3/c1-13-10-11-16(12-18(13)22)21(25)26-14(2)20(24)23-19-9-5-7-15-6-3-4-8-17(15)19/h3-4,6,8,10-12,14,19H,5,7,9H2,1-2H3,(H,23,24)/t14-,19-/m0/s1. The fraction of sp³-hybridized carbons (Fsp3) is 0.333. The third-order valence-electron chi connectivity index (χ3n) is 4.75. The summed E-state index contributed by atoms with van der Waals surface area (Å²) in [5.74, 6) is -1.54. The van der Waals surface area contributed by atoms with Gasteiger partial charge in [0.1, 0.15) is 5.82 Å². The van der Waals surface area contributed by atoms with Crippen LogP contribution in [0.4, 0.5) is 4.39 Å². The van der Waals surface area contributed by atoms with Crippen molar-refractivity contribution in [1.29, 1.82) is 0 Å². The van der Waals surface area contributed by atoms with E-state index in [1.54, 1.807) is 6.92 Å². The van der Waals surface area contributed by atoms with Crippen molar-refractivity contribution >= 4 is 11.9 Å². The van der Waals surface area contributed by atoms with Crippen molar-refractivity contribution in [1.82, 2.24) is 5.32 Å². The number of aryl methyl sites for hydroxylation is 2. The molecule has 0 unspecified atom stereocenters. The van der Waals surface area contributed by atoms with Crippen molar-refractivity contribution in [3.63, 3.8) is 0 Å². The molecule has 1 aliphatic rings. The molecular formula is C21H22FNO3. The molecule has 0 aliphatic heterocycles. The SMILES string of the molecule is Cc1ccc(C(=O)O[C@@H](C)C(=O)N[C@H]2CCCc3ccccc32)cc1F. The van der Waals surface area contributed by atoms with Crippen LogP contribution in [0.5, 0.6) is 0 Å². The number of hydrogen-bond donors (Lipinski definition) is 1. The second kappa shape index (κ2) is 7.68. The number of esters is 1. The number of benzene rings is 2. The van der Waals surface area contributed by atoms with Gasteiger partial charge in [0.25, 0.3) is 5.91 Å². The molecule has 2 aromatic carbocycles. The van der Waals surface area contributed by atoms with Gasteiger partial charge in [-0.25, -0.2) is 9.18 Å². The number of nitrogens with one attached hydrogen (secondary N) is 1. The second-order valence-corrected chi connectivity index (χ2v) is 6.66. The van der Waals surface area contributed by atoms with Crippen LogP contribution in [-0.4, -0.2) is 18.0 Å². The van der Waals surface area contributed by atoms with Crippen LogP contribution >= 0.6 is 0 Å². The Morgan fingerprint density at radius 2 is 2.00 bits per heavy atom. The summed E-state index contributed by atoms with van der Waals surface area (Å²) in [4.78, 5) is 24.6. The van der Waals surface area contributed by atoms with E-state index < -0.39 is 17.9 Å². The lowest BCUT2D eigenvalue weighted by atomic mass is 9.87. The molecule has 0 fully saturated rings. The predicted molar refractivity (Wildman–Crippen MR) is 96.3 cm³/mol. The van der Waals surface area contributed by atoms with Gasteiger partial charge in [-0.3, -0.25) is 4.79 Å². The highest BCUT2D eigenvalue weighted by molar-refractivity contribution is 5.92. The van der Waals surface area contributed by atoms with Crippen molar-refractivity contribution in [2.45, 2.75) is 45.3 Å². The highest BCUT2D eigenvalue weighted by Crippen LogP contribution is 2.29. The van der Waals surface area contributed by atoms with Gasteiger partial charge in [-0.05, 0) is 61.9 Å². The number of amides is 1. The first-order chi connectivity index (χ1) is 12.5. The van der Waals surface area contributed by atoms with Gasteiger partial charge in [-0.2, -0.15) is 0 Å². The lowest BCUT2D eigenvalue weighted by Gasteiger charge is -2.27. The monoisotopic (exact) mass is 355 g/mol. The van der Waals surface area contributed by atoms with E-state index in [4.69, 9.17) is 4.74 Å². The summed E-state index contributed by atoms with van der Waals surface area (Å²) in [6.07, 6.45) is 1.90. The quantitative estimate of drug-likeness (QED) is 0.847. The lowest BCUT2D eigenvalue weighted by Crippen LogP contribution is -2.39. The molecule has 4 nitrogen and oxygen atoms in total. The van der Waals surface area contributed by atoms with Crippen molar-refractivity contribution in [3.05, 3.63) is 70.5 Å². The molecule has 0 heterocycles. The maximum atomic E-state index is 13.6. The van der Waals surface area contributed by atoms with Crippen LogP contribution in [0.1, 0.15) is 52.9 Å². The van der Waals surface area contributed by atoms with Gasteiger partial charge in [0.05, 0.1) is 11.6 Å². The normalized spacial score (nSPS) is 17.1. The maximum Gasteiger partial charge on any atom is 0.339 e. The highest BCUT2D eigenvalue weighted by atomic mass is 19.1. The molecule has 0 aromatic heterocycles. The predicted octanol–water partition coefficient (Wildman–Crippen LogP) is 3.87. The average Bonchev–Trinajstić information content (AvgIpc) is 2.64. The fourth-order valence-corrected chi connectivity index (χ4v) is 3.19. The number of carbonyl (C=O) groups excluding carboxylic acids is 2. The molecule has 2 atom stereocenters. The summed E-state index contributed by atoms with van der Waals surface area (Å²) in [6, 6.07) is 12.1. The Labute approximate surface area is 152 Å². The molecule has 3 rings (SSSR count). The van der Waals surface area contributed by atoms with E-state index >= 15 is 0 Å². The van der Waals surface area contributed by atoms with E-state index in [0.29, 0.717) is 5.56 Å². The minimum atomic E-state index is -0.957. The molecule has 26 heavy (non-hydrogen) atoms. The fourth-order valence-electron chi connectivity index (χ4n) is 3.19. The largest absolute Gasteiger partial charge is 0.449 e. The topological polar surface area (TPSA) is 55.4 Å². The van der Waals surface area contributed by atoms with Gasteiger partial charge in [0, 0.05) is 0 Å². The first-order valence-corrected chi connectivity index (χ1v) is 8.81. The van der Waals surface area contributed by atoms with Crippen molar-refractivity contribution < 1.29 is 18.7 Å². The zero-order valence-corrected chi connectivity index (χ0v) is 14.9. The first kappa shape index (κ1) is 18.1. The summed E-state index contributed by atoms with van der Waals surface area (Å²) < 4.78 is 18.8. The molecule has 0 spiro atoms. The molecule has 2 aromatic rings. The second-order valence-electron chi connectivity index (χ2n) is 6.66. The summed E-state index contributed by atoms with van der Waals surface area (Å²) in [7, 11) is 0.